The Balaban J connectivity index is 1.64. The fraction of sp³-hybridized carbons (Fsp3) is 0.594. The molecule has 0 saturated carbocycles. The van der Waals surface area contributed by atoms with Crippen LogP contribution in [-0.4, -0.2) is 13.2 Å². The van der Waals surface area contributed by atoms with E-state index in [0.29, 0.717) is 24.7 Å². The highest BCUT2D eigenvalue weighted by Gasteiger charge is 2.03. The normalized spacial score (nSPS) is 10.8. The van der Waals surface area contributed by atoms with Crippen LogP contribution in [0.1, 0.15) is 109 Å². The van der Waals surface area contributed by atoms with E-state index in [2.05, 4.69) is 13.8 Å². The highest BCUT2D eigenvalue weighted by molar-refractivity contribution is 5.30. The van der Waals surface area contributed by atoms with Crippen molar-refractivity contribution >= 4 is 0 Å². The van der Waals surface area contributed by atoms with Crippen LogP contribution in [0.4, 0.5) is 0 Å². The van der Waals surface area contributed by atoms with Crippen molar-refractivity contribution in [3.63, 3.8) is 0 Å². The lowest BCUT2D eigenvalue weighted by molar-refractivity contribution is 0.298. The zero-order valence-electron chi connectivity index (χ0n) is 22.8. The lowest BCUT2D eigenvalue weighted by atomic mass is 10.1. The van der Waals surface area contributed by atoms with Crippen molar-refractivity contribution in [1.82, 2.24) is 0 Å². The van der Waals surface area contributed by atoms with Crippen molar-refractivity contribution in [2.24, 2.45) is 0 Å². The van der Waals surface area contributed by atoms with Crippen LogP contribution >= 0.6 is 0 Å². The van der Waals surface area contributed by atoms with Crippen LogP contribution in [0.5, 0.6) is 17.2 Å². The molecule has 0 saturated heterocycles. The molecular weight excluding hydrogens is 448 g/mol. The fourth-order valence-corrected chi connectivity index (χ4v) is 4.09. The molecule has 0 aliphatic rings. The third kappa shape index (κ3) is 13.6. The molecule has 0 amide bonds. The Kier molecular flexibility index (Phi) is 16.2. The van der Waals surface area contributed by atoms with E-state index in [9.17, 15) is 4.79 Å². The van der Waals surface area contributed by atoms with Gasteiger partial charge in [-0.05, 0) is 54.8 Å². The molecule has 0 spiro atoms. The summed E-state index contributed by atoms with van der Waals surface area (Å²) in [5.74, 6) is 1.91. The molecule has 0 aliphatic carbocycles. The summed E-state index contributed by atoms with van der Waals surface area (Å²) in [6.45, 7) is 6.24. The summed E-state index contributed by atoms with van der Waals surface area (Å²) in [5, 5.41) is 0. The van der Waals surface area contributed by atoms with Gasteiger partial charge in [-0.15, -0.1) is 0 Å². The Bertz CT molecular complexity index is 863. The Morgan fingerprint density at radius 2 is 0.944 bits per heavy atom. The monoisotopic (exact) mass is 496 g/mol. The first-order valence-electron chi connectivity index (χ1n) is 14.3. The third-order valence-electron chi connectivity index (χ3n) is 6.39. The minimum absolute atomic E-state index is 0.143. The van der Waals surface area contributed by atoms with Gasteiger partial charge in [-0.2, -0.15) is 0 Å². The van der Waals surface area contributed by atoms with Gasteiger partial charge in [0.1, 0.15) is 18.1 Å². The minimum Gasteiger partial charge on any atom is -0.494 e. The van der Waals surface area contributed by atoms with Crippen LogP contribution in [0.25, 0.3) is 0 Å². The lowest BCUT2D eigenvalue weighted by Crippen LogP contribution is -2.04. The Hall–Kier alpha value is -2.49. The summed E-state index contributed by atoms with van der Waals surface area (Å²) in [6, 6.07) is 14.7. The maximum Gasteiger partial charge on any atom is 0.220 e. The van der Waals surface area contributed by atoms with Gasteiger partial charge in [-0.3, -0.25) is 4.79 Å². The van der Waals surface area contributed by atoms with E-state index in [-0.39, 0.29) is 5.43 Å². The van der Waals surface area contributed by atoms with Crippen molar-refractivity contribution in [3.8, 4) is 17.2 Å². The zero-order valence-corrected chi connectivity index (χ0v) is 22.8. The topological polar surface area (TPSA) is 44.8 Å². The molecule has 0 heterocycles. The van der Waals surface area contributed by atoms with Gasteiger partial charge in [-0.25, -0.2) is 0 Å². The SMILES string of the molecule is CCCCCCCCCCCCOc1ccc(OCc2ccc(OCCCCCC)cc2)c(=O)cc1. The van der Waals surface area contributed by atoms with Gasteiger partial charge in [0.05, 0.1) is 13.2 Å². The van der Waals surface area contributed by atoms with E-state index < -0.39 is 0 Å². The zero-order chi connectivity index (χ0) is 25.7. The first kappa shape index (κ1) is 29.7. The highest BCUT2D eigenvalue weighted by Crippen LogP contribution is 2.17. The molecule has 4 nitrogen and oxygen atoms in total. The molecular formula is C32H48O4. The maximum atomic E-state index is 12.4. The van der Waals surface area contributed by atoms with Crippen LogP contribution in [-0.2, 0) is 6.61 Å². The molecule has 0 fully saturated rings. The van der Waals surface area contributed by atoms with Crippen molar-refractivity contribution in [1.29, 1.82) is 0 Å². The van der Waals surface area contributed by atoms with Gasteiger partial charge >= 0.3 is 0 Å². The fourth-order valence-electron chi connectivity index (χ4n) is 4.09. The van der Waals surface area contributed by atoms with Crippen LogP contribution in [0, 0.1) is 0 Å². The summed E-state index contributed by atoms with van der Waals surface area (Å²) in [5.41, 5.74) is 0.854. The number of unbranched alkanes of at least 4 members (excludes halogenated alkanes) is 12. The molecule has 2 aromatic rings. The summed E-state index contributed by atoms with van der Waals surface area (Å²) >= 11 is 0. The Labute approximate surface area is 219 Å². The number of rotatable bonds is 21. The van der Waals surface area contributed by atoms with E-state index >= 15 is 0 Å². The summed E-state index contributed by atoms with van der Waals surface area (Å²) in [4.78, 5) is 12.4. The van der Waals surface area contributed by atoms with E-state index in [4.69, 9.17) is 14.2 Å². The van der Waals surface area contributed by atoms with Gasteiger partial charge < -0.3 is 14.2 Å². The Morgan fingerprint density at radius 1 is 0.500 bits per heavy atom. The lowest BCUT2D eigenvalue weighted by Gasteiger charge is -2.08. The van der Waals surface area contributed by atoms with Crippen molar-refractivity contribution < 1.29 is 14.2 Å². The molecule has 4 heteroatoms. The highest BCUT2D eigenvalue weighted by atomic mass is 16.5. The average Bonchev–Trinajstić information content (AvgIpc) is 3.07. The number of hydrogen-bond acceptors (Lipinski definition) is 4. The minimum atomic E-state index is -0.143. The number of hydrogen-bond donors (Lipinski definition) is 0. The smallest absolute Gasteiger partial charge is 0.220 e. The largest absolute Gasteiger partial charge is 0.494 e. The van der Waals surface area contributed by atoms with Crippen LogP contribution in [0.2, 0.25) is 0 Å². The van der Waals surface area contributed by atoms with Gasteiger partial charge in [0.15, 0.2) is 5.75 Å². The van der Waals surface area contributed by atoms with Gasteiger partial charge in [0.25, 0.3) is 0 Å². The second kappa shape index (κ2) is 19.7. The summed E-state index contributed by atoms with van der Waals surface area (Å²) in [6.07, 6.45) is 17.8. The van der Waals surface area contributed by atoms with Gasteiger partial charge in [0.2, 0.25) is 5.43 Å². The standard InChI is InChI=1S/C32H48O4/c1-3-5-7-9-10-11-12-13-14-16-26-35-30-21-23-31(33)32(24-22-30)36-27-28-17-19-29(20-18-28)34-25-15-8-6-4-2/h17-24H,3-16,25-27H2,1-2H3. The van der Waals surface area contributed by atoms with E-state index in [1.165, 1.54) is 83.1 Å². The second-order valence-electron chi connectivity index (χ2n) is 9.67. The number of ether oxygens (including phenoxy) is 3. The average molecular weight is 497 g/mol. The summed E-state index contributed by atoms with van der Waals surface area (Å²) in [7, 11) is 0. The third-order valence-corrected chi connectivity index (χ3v) is 6.39. The molecule has 0 aromatic heterocycles. The van der Waals surface area contributed by atoms with Crippen LogP contribution in [0.15, 0.2) is 53.3 Å². The molecule has 0 radical (unpaired) electrons. The van der Waals surface area contributed by atoms with Gasteiger partial charge in [-0.1, -0.05) is 103 Å². The molecule has 0 bridgehead atoms. The molecule has 2 rings (SSSR count). The van der Waals surface area contributed by atoms with E-state index in [0.717, 1.165) is 30.8 Å². The van der Waals surface area contributed by atoms with Crippen molar-refractivity contribution in [2.45, 2.75) is 110 Å². The first-order chi connectivity index (χ1) is 17.7. The molecule has 0 N–H and O–H groups in total. The molecule has 36 heavy (non-hydrogen) atoms. The van der Waals surface area contributed by atoms with Crippen molar-refractivity contribution in [2.75, 3.05) is 13.2 Å². The second-order valence-corrected chi connectivity index (χ2v) is 9.67. The molecule has 0 unspecified atom stereocenters. The van der Waals surface area contributed by atoms with E-state index in [1.54, 1.807) is 12.1 Å². The number of benzene rings is 1. The molecule has 200 valence electrons. The van der Waals surface area contributed by atoms with Crippen molar-refractivity contribution in [3.05, 3.63) is 64.3 Å². The predicted octanol–water partition coefficient (Wildman–Crippen LogP) is 8.88. The first-order valence-corrected chi connectivity index (χ1v) is 14.3. The predicted molar refractivity (Wildman–Crippen MR) is 150 cm³/mol. The Morgan fingerprint density at radius 3 is 1.50 bits per heavy atom. The molecule has 0 atom stereocenters. The van der Waals surface area contributed by atoms with Crippen LogP contribution < -0.4 is 19.6 Å². The molecule has 0 aliphatic heterocycles. The maximum absolute atomic E-state index is 12.4. The molecule has 2 aromatic carbocycles. The summed E-state index contributed by atoms with van der Waals surface area (Å²) < 4.78 is 17.5. The van der Waals surface area contributed by atoms with Crippen LogP contribution in [0.3, 0.4) is 0 Å². The quantitative estimate of drug-likeness (QED) is 0.162. The van der Waals surface area contributed by atoms with E-state index in [1.807, 2.05) is 30.3 Å². The van der Waals surface area contributed by atoms with Gasteiger partial charge in [0, 0.05) is 0 Å².